The van der Waals surface area contributed by atoms with Gasteiger partial charge in [0.1, 0.15) is 5.75 Å². The van der Waals surface area contributed by atoms with E-state index in [1.54, 1.807) is 12.1 Å². The minimum Gasteiger partial charge on any atom is -0.507 e. The van der Waals surface area contributed by atoms with Gasteiger partial charge in [-0.15, -0.1) is 6.58 Å². The molecule has 3 rings (SSSR count). The Hall–Kier alpha value is -2.96. The number of aromatic hydroxyl groups is 1. The van der Waals surface area contributed by atoms with Crippen molar-refractivity contribution in [1.29, 1.82) is 5.41 Å². The number of piperazine rings is 1. The van der Waals surface area contributed by atoms with Crippen LogP contribution < -0.4 is 5.73 Å². The van der Waals surface area contributed by atoms with Crippen molar-refractivity contribution in [2.45, 2.75) is 39.2 Å². The number of hydrogen-bond acceptors (Lipinski definition) is 5. The largest absolute Gasteiger partial charge is 0.507 e. The van der Waals surface area contributed by atoms with Crippen LogP contribution in [0, 0.1) is 5.41 Å². The van der Waals surface area contributed by atoms with Crippen LogP contribution in [0.5, 0.6) is 5.75 Å². The lowest BCUT2D eigenvalue weighted by atomic mass is 9.87. The van der Waals surface area contributed by atoms with Gasteiger partial charge in [-0.1, -0.05) is 63.2 Å². The van der Waals surface area contributed by atoms with Gasteiger partial charge >= 0.3 is 0 Å². The molecule has 0 aromatic heterocycles. The molecule has 1 amide bonds. The van der Waals surface area contributed by atoms with Gasteiger partial charge < -0.3 is 16.2 Å². The van der Waals surface area contributed by atoms with Crippen molar-refractivity contribution in [2.24, 2.45) is 5.73 Å². The monoisotopic (exact) mass is 450 g/mol. The summed E-state index contributed by atoms with van der Waals surface area (Å²) in [5.41, 5.74) is 9.53. The minimum atomic E-state index is -0.235. The third-order valence-corrected chi connectivity index (χ3v) is 5.74. The average molecular weight is 451 g/mol. The van der Waals surface area contributed by atoms with E-state index in [9.17, 15) is 9.90 Å². The molecule has 1 fully saturated rings. The van der Waals surface area contributed by atoms with E-state index >= 15 is 0 Å². The molecule has 0 atom stereocenters. The zero-order valence-corrected chi connectivity index (χ0v) is 20.2. The third-order valence-electron chi connectivity index (χ3n) is 5.74. The fourth-order valence-electron chi connectivity index (χ4n) is 3.74. The highest BCUT2D eigenvalue weighted by Gasteiger charge is 2.18. The second-order valence-corrected chi connectivity index (χ2v) is 9.46. The van der Waals surface area contributed by atoms with E-state index in [1.807, 2.05) is 12.1 Å². The van der Waals surface area contributed by atoms with Gasteiger partial charge in [0.05, 0.1) is 6.54 Å². The highest BCUT2D eigenvalue weighted by molar-refractivity contribution is 5.81. The molecule has 6 heteroatoms. The number of amides is 1. The Kier molecular flexibility index (Phi) is 9.82. The van der Waals surface area contributed by atoms with E-state index in [1.165, 1.54) is 11.1 Å². The van der Waals surface area contributed by atoms with Gasteiger partial charge in [-0.05, 0) is 34.6 Å². The first-order valence-electron chi connectivity index (χ1n) is 11.4. The first kappa shape index (κ1) is 26.3. The molecule has 0 spiro atoms. The molecule has 33 heavy (non-hydrogen) atoms. The molecular weight excluding hydrogens is 412 g/mol. The molecule has 0 unspecified atom stereocenters. The summed E-state index contributed by atoms with van der Waals surface area (Å²) in [7, 11) is 0. The number of para-hydroxylation sites is 1. The molecular formula is C27H38N4O2. The number of carbonyl (C=O) groups is 1. The van der Waals surface area contributed by atoms with Gasteiger partial charge in [-0.3, -0.25) is 14.6 Å². The molecule has 178 valence electrons. The SMILES string of the molecule is C=CCc1cccc(C=N)c1O.CC(C)(C)c1ccc(CN2CCN(CC(N)=O)CC2)cc1. The number of allylic oxidation sites excluding steroid dienone is 1. The van der Waals surface area contributed by atoms with Crippen LogP contribution in [0.4, 0.5) is 0 Å². The van der Waals surface area contributed by atoms with E-state index in [4.69, 9.17) is 11.1 Å². The number of carbonyl (C=O) groups excluding carboxylic acids is 1. The Balaban J connectivity index is 0.000000273. The third kappa shape index (κ3) is 8.48. The number of benzene rings is 2. The van der Waals surface area contributed by atoms with Crippen molar-refractivity contribution >= 4 is 12.1 Å². The zero-order chi connectivity index (χ0) is 24.4. The number of phenolic OH excluding ortho intramolecular Hbond substituents is 1. The number of nitrogens with one attached hydrogen (secondary N) is 1. The van der Waals surface area contributed by atoms with E-state index in [0.29, 0.717) is 18.5 Å². The smallest absolute Gasteiger partial charge is 0.231 e. The van der Waals surface area contributed by atoms with Crippen LogP contribution in [-0.2, 0) is 23.2 Å². The van der Waals surface area contributed by atoms with E-state index < -0.39 is 0 Å². The van der Waals surface area contributed by atoms with Gasteiger partial charge in [0.15, 0.2) is 0 Å². The van der Waals surface area contributed by atoms with Crippen molar-refractivity contribution in [3.63, 3.8) is 0 Å². The maximum Gasteiger partial charge on any atom is 0.231 e. The van der Waals surface area contributed by atoms with Crippen molar-refractivity contribution < 1.29 is 9.90 Å². The molecule has 1 saturated heterocycles. The number of nitrogens with two attached hydrogens (primary N) is 1. The molecule has 2 aromatic carbocycles. The summed E-state index contributed by atoms with van der Waals surface area (Å²) in [5.74, 6) is -0.0476. The molecule has 1 aliphatic rings. The number of nitrogens with zero attached hydrogens (tertiary/aromatic N) is 2. The van der Waals surface area contributed by atoms with Crippen molar-refractivity contribution in [2.75, 3.05) is 32.7 Å². The number of phenols is 1. The zero-order valence-electron chi connectivity index (χ0n) is 20.2. The standard InChI is InChI=1S/C17H27N3O.C10H11NO/c1-17(2,3)15-6-4-14(5-7-15)12-19-8-10-20(11-9-19)13-16(18)21;1-2-4-8-5-3-6-9(7-11)10(8)12/h4-7H,8-13H2,1-3H3,(H2,18,21);2-3,5-7,11-12H,1,4H2. The topological polar surface area (TPSA) is 93.7 Å². The van der Waals surface area contributed by atoms with E-state index in [0.717, 1.165) is 44.5 Å². The number of hydrogen-bond donors (Lipinski definition) is 3. The van der Waals surface area contributed by atoms with Crippen molar-refractivity contribution in [1.82, 2.24) is 9.80 Å². The van der Waals surface area contributed by atoms with Crippen molar-refractivity contribution in [3.05, 3.63) is 77.4 Å². The van der Waals surface area contributed by atoms with Crippen LogP contribution in [0.2, 0.25) is 0 Å². The molecule has 1 aliphatic heterocycles. The highest BCUT2D eigenvalue weighted by Crippen LogP contribution is 2.23. The predicted octanol–water partition coefficient (Wildman–Crippen LogP) is 3.71. The molecule has 0 saturated carbocycles. The summed E-state index contributed by atoms with van der Waals surface area (Å²) in [4.78, 5) is 15.5. The van der Waals surface area contributed by atoms with Crippen LogP contribution in [0.25, 0.3) is 0 Å². The summed E-state index contributed by atoms with van der Waals surface area (Å²) < 4.78 is 0. The number of primary amides is 1. The normalized spacial score (nSPS) is 14.8. The molecule has 2 aromatic rings. The Morgan fingerprint density at radius 2 is 1.70 bits per heavy atom. The Labute approximate surface area is 198 Å². The first-order chi connectivity index (χ1) is 15.6. The lowest BCUT2D eigenvalue weighted by Crippen LogP contribution is -2.48. The average Bonchev–Trinajstić information content (AvgIpc) is 2.77. The summed E-state index contributed by atoms with van der Waals surface area (Å²) in [6, 6.07) is 14.3. The predicted molar refractivity (Wildman–Crippen MR) is 136 cm³/mol. The number of rotatable bonds is 7. The molecule has 1 heterocycles. The second kappa shape index (κ2) is 12.3. The fourth-order valence-corrected chi connectivity index (χ4v) is 3.74. The van der Waals surface area contributed by atoms with Gasteiger partial charge in [0.2, 0.25) is 5.91 Å². The molecule has 0 radical (unpaired) electrons. The highest BCUT2D eigenvalue weighted by atomic mass is 16.3. The fraction of sp³-hybridized carbons (Fsp3) is 0.407. The van der Waals surface area contributed by atoms with E-state index in [2.05, 4.69) is 61.4 Å². The summed E-state index contributed by atoms with van der Waals surface area (Å²) in [6.45, 7) is 15.5. The Bertz CT molecular complexity index is 924. The maximum absolute atomic E-state index is 10.9. The molecule has 6 nitrogen and oxygen atoms in total. The molecule has 0 aliphatic carbocycles. The van der Waals surface area contributed by atoms with Crippen LogP contribution >= 0.6 is 0 Å². The van der Waals surface area contributed by atoms with Crippen LogP contribution in [0.3, 0.4) is 0 Å². The Morgan fingerprint density at radius 1 is 1.09 bits per heavy atom. The van der Waals surface area contributed by atoms with Gasteiger partial charge in [-0.25, -0.2) is 0 Å². The summed E-state index contributed by atoms with van der Waals surface area (Å²) >= 11 is 0. The lowest BCUT2D eigenvalue weighted by Gasteiger charge is -2.34. The van der Waals surface area contributed by atoms with Crippen LogP contribution in [0.1, 0.15) is 43.0 Å². The lowest BCUT2D eigenvalue weighted by molar-refractivity contribution is -0.119. The Morgan fingerprint density at radius 3 is 2.21 bits per heavy atom. The van der Waals surface area contributed by atoms with E-state index in [-0.39, 0.29) is 17.1 Å². The maximum atomic E-state index is 10.9. The molecule has 0 bridgehead atoms. The van der Waals surface area contributed by atoms with Gasteiger partial charge in [0.25, 0.3) is 0 Å². The van der Waals surface area contributed by atoms with Gasteiger partial charge in [0, 0.05) is 44.5 Å². The van der Waals surface area contributed by atoms with Crippen LogP contribution in [-0.4, -0.2) is 59.8 Å². The molecule has 4 N–H and O–H groups in total. The second-order valence-electron chi connectivity index (χ2n) is 9.46. The van der Waals surface area contributed by atoms with Crippen LogP contribution in [0.15, 0.2) is 55.1 Å². The van der Waals surface area contributed by atoms with Gasteiger partial charge in [-0.2, -0.15) is 0 Å². The minimum absolute atomic E-state index is 0.187. The first-order valence-corrected chi connectivity index (χ1v) is 11.4. The van der Waals surface area contributed by atoms with Crippen molar-refractivity contribution in [3.8, 4) is 5.75 Å². The summed E-state index contributed by atoms with van der Waals surface area (Å²) in [5, 5.41) is 16.5. The quantitative estimate of drug-likeness (QED) is 0.443. The summed E-state index contributed by atoms with van der Waals surface area (Å²) in [6.07, 6.45) is 3.50.